The highest BCUT2D eigenvalue weighted by atomic mass is 35.5. The fourth-order valence-electron chi connectivity index (χ4n) is 2.01. The van der Waals surface area contributed by atoms with E-state index in [2.05, 4.69) is 48.4 Å². The number of rotatable bonds is 5. The Morgan fingerprint density at radius 1 is 1.11 bits per heavy atom. The molecule has 0 radical (unpaired) electrons. The van der Waals surface area contributed by atoms with Gasteiger partial charge < -0.3 is 5.32 Å². The second-order valence-corrected chi connectivity index (χ2v) is 5.25. The fraction of sp³-hybridized carbons (Fsp3) is 0.312. The largest absolute Gasteiger partial charge is 0.310 e. The van der Waals surface area contributed by atoms with E-state index in [0.29, 0.717) is 17.1 Å². The number of aromatic nitrogens is 1. The van der Waals surface area contributed by atoms with Crippen LogP contribution in [0.2, 0.25) is 5.15 Å². The maximum Gasteiger partial charge on any atom is 0.129 e. The average Bonchev–Trinajstić information content (AvgIpc) is 2.46. The summed E-state index contributed by atoms with van der Waals surface area (Å²) in [5, 5.41) is 4.07. The molecule has 0 aliphatic rings. The Morgan fingerprint density at radius 3 is 2.47 bits per heavy atom. The quantitative estimate of drug-likeness (QED) is 0.833. The molecular formula is C16H19ClN2. The zero-order valence-corrected chi connectivity index (χ0v) is 12.1. The third-order valence-electron chi connectivity index (χ3n) is 3.49. The van der Waals surface area contributed by atoms with E-state index < -0.39 is 0 Å². The molecule has 0 saturated carbocycles. The predicted octanol–water partition coefficient (Wildman–Crippen LogP) is 4.02. The molecule has 0 aliphatic carbocycles. The van der Waals surface area contributed by atoms with Gasteiger partial charge in [0.05, 0.1) is 0 Å². The van der Waals surface area contributed by atoms with E-state index in [4.69, 9.17) is 11.6 Å². The number of halogens is 1. The third kappa shape index (κ3) is 4.05. The van der Waals surface area contributed by atoms with Crippen molar-refractivity contribution >= 4 is 11.6 Å². The Labute approximate surface area is 119 Å². The van der Waals surface area contributed by atoms with Gasteiger partial charge in [-0.05, 0) is 30.0 Å². The number of hydrogen-bond donors (Lipinski definition) is 1. The number of pyridine rings is 1. The van der Waals surface area contributed by atoms with Crippen LogP contribution in [0.25, 0.3) is 0 Å². The van der Waals surface area contributed by atoms with Crippen LogP contribution < -0.4 is 5.32 Å². The number of nitrogens with zero attached hydrogens (tertiary/aromatic N) is 1. The zero-order chi connectivity index (χ0) is 13.7. The molecule has 1 aromatic heterocycles. The SMILES string of the molecule is C[C@@H](NCc1ccc(Cl)nc1)[C@@H](C)c1ccccc1. The lowest BCUT2D eigenvalue weighted by atomic mass is 9.94. The van der Waals surface area contributed by atoms with Crippen molar-refractivity contribution in [3.8, 4) is 0 Å². The predicted molar refractivity (Wildman–Crippen MR) is 80.4 cm³/mol. The van der Waals surface area contributed by atoms with Gasteiger partial charge >= 0.3 is 0 Å². The lowest BCUT2D eigenvalue weighted by Crippen LogP contribution is -2.30. The summed E-state index contributed by atoms with van der Waals surface area (Å²) in [6, 6.07) is 14.8. The van der Waals surface area contributed by atoms with Gasteiger partial charge in [-0.2, -0.15) is 0 Å². The molecule has 1 aromatic carbocycles. The van der Waals surface area contributed by atoms with Crippen LogP contribution >= 0.6 is 11.6 Å². The van der Waals surface area contributed by atoms with Gasteiger partial charge in [0.15, 0.2) is 0 Å². The highest BCUT2D eigenvalue weighted by Crippen LogP contribution is 2.18. The first-order valence-corrected chi connectivity index (χ1v) is 6.93. The first-order chi connectivity index (χ1) is 9.16. The smallest absolute Gasteiger partial charge is 0.129 e. The Morgan fingerprint density at radius 2 is 1.84 bits per heavy atom. The Bertz CT molecular complexity index is 496. The average molecular weight is 275 g/mol. The maximum atomic E-state index is 5.77. The number of benzene rings is 1. The summed E-state index contributed by atoms with van der Waals surface area (Å²) < 4.78 is 0. The van der Waals surface area contributed by atoms with Gasteiger partial charge in [-0.1, -0.05) is 54.9 Å². The lowest BCUT2D eigenvalue weighted by molar-refractivity contribution is 0.480. The highest BCUT2D eigenvalue weighted by Gasteiger charge is 2.13. The van der Waals surface area contributed by atoms with Gasteiger partial charge in [-0.3, -0.25) is 0 Å². The summed E-state index contributed by atoms with van der Waals surface area (Å²) in [6.07, 6.45) is 1.81. The van der Waals surface area contributed by atoms with E-state index in [1.807, 2.05) is 24.4 Å². The summed E-state index contributed by atoms with van der Waals surface area (Å²) in [7, 11) is 0. The van der Waals surface area contributed by atoms with Gasteiger partial charge in [0.25, 0.3) is 0 Å². The van der Waals surface area contributed by atoms with E-state index >= 15 is 0 Å². The fourth-order valence-corrected chi connectivity index (χ4v) is 2.12. The molecule has 0 amide bonds. The summed E-state index contributed by atoms with van der Waals surface area (Å²) in [5.74, 6) is 0.474. The highest BCUT2D eigenvalue weighted by molar-refractivity contribution is 6.29. The van der Waals surface area contributed by atoms with E-state index in [0.717, 1.165) is 12.1 Å². The zero-order valence-electron chi connectivity index (χ0n) is 11.3. The van der Waals surface area contributed by atoms with Gasteiger partial charge in [-0.15, -0.1) is 0 Å². The first-order valence-electron chi connectivity index (χ1n) is 6.55. The Hall–Kier alpha value is -1.38. The van der Waals surface area contributed by atoms with Crippen molar-refractivity contribution in [1.29, 1.82) is 0 Å². The molecule has 2 nitrogen and oxygen atoms in total. The van der Waals surface area contributed by atoms with Crippen molar-refractivity contribution in [2.75, 3.05) is 0 Å². The molecule has 1 N–H and O–H groups in total. The minimum atomic E-state index is 0.401. The minimum Gasteiger partial charge on any atom is -0.310 e. The number of hydrogen-bond acceptors (Lipinski definition) is 2. The van der Waals surface area contributed by atoms with Gasteiger partial charge in [0.1, 0.15) is 5.15 Å². The van der Waals surface area contributed by atoms with Crippen LogP contribution in [0.1, 0.15) is 30.9 Å². The summed E-state index contributed by atoms with van der Waals surface area (Å²) in [6.45, 7) is 5.26. The van der Waals surface area contributed by atoms with Crippen molar-refractivity contribution in [2.45, 2.75) is 32.4 Å². The second-order valence-electron chi connectivity index (χ2n) is 4.86. The molecule has 3 heteroatoms. The molecule has 2 aromatic rings. The van der Waals surface area contributed by atoms with Gasteiger partial charge in [0, 0.05) is 18.8 Å². The Kier molecular flexibility index (Phi) is 4.94. The van der Waals surface area contributed by atoms with Crippen molar-refractivity contribution < 1.29 is 0 Å². The van der Waals surface area contributed by atoms with Gasteiger partial charge in [-0.25, -0.2) is 4.98 Å². The lowest BCUT2D eigenvalue weighted by Gasteiger charge is -2.21. The first kappa shape index (κ1) is 14.0. The van der Waals surface area contributed by atoms with Gasteiger partial charge in [0.2, 0.25) is 0 Å². The minimum absolute atomic E-state index is 0.401. The standard InChI is InChI=1S/C16H19ClN2/c1-12(15-6-4-3-5-7-15)13(2)18-10-14-8-9-16(17)19-11-14/h3-9,11-13,18H,10H2,1-2H3/t12-,13-/m1/s1. The third-order valence-corrected chi connectivity index (χ3v) is 3.72. The maximum absolute atomic E-state index is 5.77. The molecular weight excluding hydrogens is 256 g/mol. The van der Waals surface area contributed by atoms with Crippen molar-refractivity contribution in [3.05, 3.63) is 64.9 Å². The molecule has 0 saturated heterocycles. The van der Waals surface area contributed by atoms with Crippen molar-refractivity contribution in [1.82, 2.24) is 10.3 Å². The molecule has 2 atom stereocenters. The number of nitrogens with one attached hydrogen (secondary N) is 1. The molecule has 0 spiro atoms. The van der Waals surface area contributed by atoms with E-state index in [1.165, 1.54) is 5.56 Å². The molecule has 0 bridgehead atoms. The van der Waals surface area contributed by atoms with Crippen molar-refractivity contribution in [3.63, 3.8) is 0 Å². The van der Waals surface area contributed by atoms with E-state index in [9.17, 15) is 0 Å². The molecule has 0 fully saturated rings. The van der Waals surface area contributed by atoms with Crippen molar-refractivity contribution in [2.24, 2.45) is 0 Å². The summed E-state index contributed by atoms with van der Waals surface area (Å²) >= 11 is 5.77. The van der Waals surface area contributed by atoms with Crippen LogP contribution in [-0.2, 0) is 6.54 Å². The topological polar surface area (TPSA) is 24.9 Å². The molecule has 1 heterocycles. The van der Waals surface area contributed by atoms with Crippen LogP contribution in [-0.4, -0.2) is 11.0 Å². The summed E-state index contributed by atoms with van der Waals surface area (Å²) in [4.78, 5) is 4.09. The van der Waals surface area contributed by atoms with E-state index in [-0.39, 0.29) is 0 Å². The van der Waals surface area contributed by atoms with E-state index in [1.54, 1.807) is 0 Å². The molecule has 2 rings (SSSR count). The summed E-state index contributed by atoms with van der Waals surface area (Å²) in [5.41, 5.74) is 2.51. The van der Waals surface area contributed by atoms with Crippen LogP contribution in [0.5, 0.6) is 0 Å². The molecule has 0 aliphatic heterocycles. The monoisotopic (exact) mass is 274 g/mol. The second kappa shape index (κ2) is 6.69. The Balaban J connectivity index is 1.90. The molecule has 0 unspecified atom stereocenters. The van der Waals surface area contributed by atoms with Crippen LogP contribution in [0.15, 0.2) is 48.7 Å². The van der Waals surface area contributed by atoms with Crippen LogP contribution in [0.3, 0.4) is 0 Å². The molecule has 19 heavy (non-hydrogen) atoms. The van der Waals surface area contributed by atoms with Crippen LogP contribution in [0, 0.1) is 0 Å². The molecule has 100 valence electrons. The normalized spacial score (nSPS) is 14.1. The van der Waals surface area contributed by atoms with Crippen LogP contribution in [0.4, 0.5) is 0 Å².